The maximum absolute atomic E-state index is 13.0. The molecule has 0 bridgehead atoms. The summed E-state index contributed by atoms with van der Waals surface area (Å²) in [6, 6.07) is 17.3. The molecule has 35 heavy (non-hydrogen) atoms. The Labute approximate surface area is 203 Å². The van der Waals surface area contributed by atoms with E-state index in [2.05, 4.69) is 9.82 Å². The topological polar surface area (TPSA) is 118 Å². The zero-order valence-electron chi connectivity index (χ0n) is 19.2. The lowest BCUT2D eigenvalue weighted by Gasteiger charge is -2.20. The average Bonchev–Trinajstić information content (AvgIpc) is 3.53. The zero-order chi connectivity index (χ0) is 25.0. The van der Waals surface area contributed by atoms with Gasteiger partial charge in [-0.15, -0.1) is 0 Å². The van der Waals surface area contributed by atoms with Crippen LogP contribution in [0.15, 0.2) is 87.4 Å². The molecule has 182 valence electrons. The van der Waals surface area contributed by atoms with Crippen molar-refractivity contribution in [1.29, 1.82) is 0 Å². The Balaban J connectivity index is 1.43. The number of sulfonamides is 1. The van der Waals surface area contributed by atoms with E-state index in [-0.39, 0.29) is 4.90 Å². The Morgan fingerprint density at radius 2 is 1.83 bits per heavy atom. The first kappa shape index (κ1) is 24.4. The minimum absolute atomic E-state index is 0.0204. The molecule has 1 N–H and O–H groups in total. The Bertz CT molecular complexity index is 1320. The SMILES string of the molecule is Cc1ccc(C2=NN(C(=O)COC(=O)[C@H](C)NS(=O)(=O)c3ccccc3)C(c3ccco3)C2)cc1. The van der Waals surface area contributed by atoms with Crippen molar-refractivity contribution in [3.05, 3.63) is 89.9 Å². The van der Waals surface area contributed by atoms with Gasteiger partial charge < -0.3 is 9.15 Å². The fourth-order valence-electron chi connectivity index (χ4n) is 3.64. The number of aryl methyl sites for hydroxylation is 1. The molecule has 2 aromatic carbocycles. The first-order chi connectivity index (χ1) is 16.7. The van der Waals surface area contributed by atoms with Crippen molar-refractivity contribution < 1.29 is 27.2 Å². The Hall–Kier alpha value is -3.76. The number of benzene rings is 2. The standard InChI is InChI=1S/C25H25N3O6S/c1-17-10-12-19(13-11-17)21-15-22(23-9-6-14-33-23)28(26-21)24(29)16-34-25(30)18(2)27-35(31,32)20-7-4-3-5-8-20/h3-14,18,22,27H,15-16H2,1-2H3/t18-,22?/m0/s1. The zero-order valence-corrected chi connectivity index (χ0v) is 20.1. The van der Waals surface area contributed by atoms with E-state index >= 15 is 0 Å². The van der Waals surface area contributed by atoms with Crippen LogP contribution in [-0.4, -0.2) is 43.7 Å². The summed E-state index contributed by atoms with van der Waals surface area (Å²) in [5.74, 6) is -0.881. The molecule has 1 aliphatic heterocycles. The van der Waals surface area contributed by atoms with Crippen molar-refractivity contribution in [1.82, 2.24) is 9.73 Å². The van der Waals surface area contributed by atoms with Crippen molar-refractivity contribution in [2.24, 2.45) is 5.10 Å². The number of hydrogen-bond acceptors (Lipinski definition) is 7. The summed E-state index contributed by atoms with van der Waals surface area (Å²) in [5.41, 5.74) is 2.69. The highest BCUT2D eigenvalue weighted by Gasteiger charge is 2.35. The van der Waals surface area contributed by atoms with Crippen LogP contribution in [0.25, 0.3) is 0 Å². The summed E-state index contributed by atoms with van der Waals surface area (Å²) in [4.78, 5) is 25.4. The van der Waals surface area contributed by atoms with Crippen LogP contribution in [0.5, 0.6) is 0 Å². The summed E-state index contributed by atoms with van der Waals surface area (Å²) in [5, 5.41) is 5.73. The van der Waals surface area contributed by atoms with E-state index < -0.39 is 40.6 Å². The number of ether oxygens (including phenoxy) is 1. The minimum Gasteiger partial charge on any atom is -0.467 e. The van der Waals surface area contributed by atoms with E-state index in [1.54, 1.807) is 30.3 Å². The van der Waals surface area contributed by atoms with E-state index in [0.29, 0.717) is 17.9 Å². The highest BCUT2D eigenvalue weighted by atomic mass is 32.2. The second-order valence-electron chi connectivity index (χ2n) is 8.15. The Morgan fingerprint density at radius 1 is 1.11 bits per heavy atom. The molecule has 2 atom stereocenters. The Kier molecular flexibility index (Phi) is 7.13. The maximum Gasteiger partial charge on any atom is 0.324 e. The number of hydrogen-bond donors (Lipinski definition) is 1. The first-order valence-electron chi connectivity index (χ1n) is 11.0. The van der Waals surface area contributed by atoms with Gasteiger partial charge in [0.2, 0.25) is 10.0 Å². The van der Waals surface area contributed by atoms with Crippen LogP contribution in [-0.2, 0) is 24.3 Å². The van der Waals surface area contributed by atoms with Crippen LogP contribution in [0.4, 0.5) is 0 Å². The van der Waals surface area contributed by atoms with Crippen LogP contribution in [0, 0.1) is 6.92 Å². The van der Waals surface area contributed by atoms with Crippen LogP contribution >= 0.6 is 0 Å². The van der Waals surface area contributed by atoms with Crippen molar-refractivity contribution in [2.45, 2.75) is 37.2 Å². The Morgan fingerprint density at radius 3 is 2.49 bits per heavy atom. The molecule has 1 amide bonds. The molecule has 9 nitrogen and oxygen atoms in total. The van der Waals surface area contributed by atoms with Gasteiger partial charge in [-0.1, -0.05) is 48.0 Å². The lowest BCUT2D eigenvalue weighted by atomic mass is 10.0. The molecule has 0 radical (unpaired) electrons. The van der Waals surface area contributed by atoms with Gasteiger partial charge in [0, 0.05) is 6.42 Å². The first-order valence-corrected chi connectivity index (χ1v) is 12.5. The molecule has 0 fully saturated rings. The van der Waals surface area contributed by atoms with E-state index in [1.807, 2.05) is 31.2 Å². The molecule has 0 saturated heterocycles. The third-order valence-corrected chi connectivity index (χ3v) is 7.06. The quantitative estimate of drug-likeness (QED) is 0.480. The predicted octanol–water partition coefficient (Wildman–Crippen LogP) is 3.18. The van der Waals surface area contributed by atoms with Crippen LogP contribution in [0.1, 0.15) is 36.3 Å². The lowest BCUT2D eigenvalue weighted by Crippen LogP contribution is -2.41. The smallest absolute Gasteiger partial charge is 0.324 e. The number of carbonyl (C=O) groups excluding carboxylic acids is 2. The van der Waals surface area contributed by atoms with Crippen molar-refractivity contribution in [3.63, 3.8) is 0 Å². The van der Waals surface area contributed by atoms with Crippen LogP contribution in [0.2, 0.25) is 0 Å². The summed E-state index contributed by atoms with van der Waals surface area (Å²) >= 11 is 0. The van der Waals surface area contributed by atoms with Crippen molar-refractivity contribution >= 4 is 27.6 Å². The molecule has 1 aromatic heterocycles. The normalized spacial score (nSPS) is 16.6. The summed E-state index contributed by atoms with van der Waals surface area (Å²) in [6.07, 6.45) is 1.95. The largest absolute Gasteiger partial charge is 0.467 e. The molecule has 0 spiro atoms. The number of carbonyl (C=O) groups is 2. The monoisotopic (exact) mass is 495 g/mol. The summed E-state index contributed by atoms with van der Waals surface area (Å²) in [6.45, 7) is 2.73. The molecule has 0 aliphatic carbocycles. The third kappa shape index (κ3) is 5.67. The van der Waals surface area contributed by atoms with Crippen LogP contribution in [0.3, 0.4) is 0 Å². The van der Waals surface area contributed by atoms with Gasteiger partial charge in [-0.25, -0.2) is 13.4 Å². The fraction of sp³-hybridized carbons (Fsp3) is 0.240. The predicted molar refractivity (Wildman–Crippen MR) is 128 cm³/mol. The number of hydrazone groups is 1. The van der Waals surface area contributed by atoms with Crippen molar-refractivity contribution in [3.8, 4) is 0 Å². The molecule has 1 aliphatic rings. The lowest BCUT2D eigenvalue weighted by molar-refractivity contribution is -0.154. The van der Waals surface area contributed by atoms with Crippen molar-refractivity contribution in [2.75, 3.05) is 6.61 Å². The van der Waals surface area contributed by atoms with E-state index in [1.165, 1.54) is 30.3 Å². The van der Waals surface area contributed by atoms with Gasteiger partial charge in [-0.2, -0.15) is 9.82 Å². The second-order valence-corrected chi connectivity index (χ2v) is 9.86. The molecular weight excluding hydrogens is 470 g/mol. The minimum atomic E-state index is -3.92. The molecule has 1 unspecified atom stereocenters. The fourth-order valence-corrected chi connectivity index (χ4v) is 4.85. The number of esters is 1. The number of rotatable bonds is 8. The summed E-state index contributed by atoms with van der Waals surface area (Å²) in [7, 11) is -3.92. The van der Waals surface area contributed by atoms with Gasteiger partial charge >= 0.3 is 5.97 Å². The highest BCUT2D eigenvalue weighted by molar-refractivity contribution is 7.89. The average molecular weight is 496 g/mol. The van der Waals surface area contributed by atoms with E-state index in [0.717, 1.165) is 11.1 Å². The van der Waals surface area contributed by atoms with Gasteiger partial charge in [0.05, 0.1) is 16.9 Å². The van der Waals surface area contributed by atoms with Gasteiger partial charge in [0.15, 0.2) is 6.61 Å². The van der Waals surface area contributed by atoms with Crippen LogP contribution < -0.4 is 4.72 Å². The maximum atomic E-state index is 13.0. The number of nitrogens with zero attached hydrogens (tertiary/aromatic N) is 2. The molecule has 3 aromatic rings. The third-order valence-electron chi connectivity index (χ3n) is 5.50. The number of amides is 1. The van der Waals surface area contributed by atoms with E-state index in [4.69, 9.17) is 9.15 Å². The molecule has 2 heterocycles. The molecule has 4 rings (SSSR count). The second kappa shape index (κ2) is 10.2. The molecular formula is C25H25N3O6S. The van der Waals surface area contributed by atoms with Gasteiger partial charge in [0.25, 0.3) is 5.91 Å². The molecule has 0 saturated carbocycles. The highest BCUT2D eigenvalue weighted by Crippen LogP contribution is 2.33. The van der Waals surface area contributed by atoms with Gasteiger partial charge in [0.1, 0.15) is 17.8 Å². The van der Waals surface area contributed by atoms with E-state index in [9.17, 15) is 18.0 Å². The number of nitrogens with one attached hydrogen (secondary N) is 1. The summed E-state index contributed by atoms with van der Waals surface area (Å²) < 4.78 is 37.8. The number of furan rings is 1. The van der Waals surface area contributed by atoms with Gasteiger partial charge in [-0.3, -0.25) is 9.59 Å². The van der Waals surface area contributed by atoms with Gasteiger partial charge in [-0.05, 0) is 43.7 Å². The molecule has 10 heteroatoms.